The maximum absolute atomic E-state index is 12.1. The van der Waals surface area contributed by atoms with Gasteiger partial charge < -0.3 is 29.7 Å². The van der Waals surface area contributed by atoms with Gasteiger partial charge in [0.2, 0.25) is 0 Å². The highest BCUT2D eigenvalue weighted by Crippen LogP contribution is 2.42. The van der Waals surface area contributed by atoms with Crippen LogP contribution in [0.3, 0.4) is 0 Å². The second kappa shape index (κ2) is 12.8. The van der Waals surface area contributed by atoms with E-state index >= 15 is 0 Å². The molecule has 2 fully saturated rings. The van der Waals surface area contributed by atoms with Crippen LogP contribution in [0.1, 0.15) is 61.8 Å². The molecule has 2 aromatic rings. The van der Waals surface area contributed by atoms with Crippen LogP contribution in [0, 0.1) is 5.92 Å². The molecule has 2 saturated heterocycles. The van der Waals surface area contributed by atoms with E-state index < -0.39 is 18.4 Å². The van der Waals surface area contributed by atoms with Crippen molar-refractivity contribution in [3.05, 3.63) is 70.8 Å². The monoisotopic (exact) mass is 526 g/mol. The Hall–Kier alpha value is -2.82. The van der Waals surface area contributed by atoms with E-state index in [0.29, 0.717) is 19.6 Å². The predicted molar refractivity (Wildman–Crippen MR) is 140 cm³/mol. The van der Waals surface area contributed by atoms with Crippen molar-refractivity contribution in [2.45, 2.75) is 71.0 Å². The zero-order valence-corrected chi connectivity index (χ0v) is 22.2. The molecular weight excluding hydrogens is 488 g/mol. The number of nitrogens with zero attached hydrogens (tertiary/aromatic N) is 1. The molecule has 0 radical (unpaired) electrons. The number of benzene rings is 2. The van der Waals surface area contributed by atoms with E-state index in [-0.39, 0.29) is 36.7 Å². The summed E-state index contributed by atoms with van der Waals surface area (Å²) in [5.74, 6) is -0.791. The van der Waals surface area contributed by atoms with Gasteiger partial charge in [-0.1, -0.05) is 55.5 Å². The lowest BCUT2D eigenvalue weighted by molar-refractivity contribution is -0.276. The number of carbonyl (C=O) groups is 2. The Labute approximate surface area is 223 Å². The van der Waals surface area contributed by atoms with Crippen molar-refractivity contribution in [3.8, 4) is 0 Å². The SMILES string of the molecule is CC(=O)O[C@@H](C)C(=O)NCc1ccc([C@@H]2O[C@H](CN3CC[C@H](O)C3)[C@H](C)[C@H](c3ccc(CO)cc3)O2)cc1. The van der Waals surface area contributed by atoms with Gasteiger partial charge in [0.15, 0.2) is 12.4 Å². The molecule has 0 aromatic heterocycles. The van der Waals surface area contributed by atoms with Crippen molar-refractivity contribution < 1.29 is 34.0 Å². The zero-order chi connectivity index (χ0) is 27.2. The first-order valence-corrected chi connectivity index (χ1v) is 13.2. The molecule has 4 rings (SSSR count). The van der Waals surface area contributed by atoms with Crippen LogP contribution < -0.4 is 5.32 Å². The first-order valence-electron chi connectivity index (χ1n) is 13.2. The zero-order valence-electron chi connectivity index (χ0n) is 22.2. The lowest BCUT2D eigenvalue weighted by Crippen LogP contribution is -2.44. The lowest BCUT2D eigenvalue weighted by atomic mass is 9.90. The fourth-order valence-electron chi connectivity index (χ4n) is 4.99. The summed E-state index contributed by atoms with van der Waals surface area (Å²) in [4.78, 5) is 25.5. The Morgan fingerprint density at radius 2 is 1.74 bits per heavy atom. The number of nitrogens with one attached hydrogen (secondary N) is 1. The molecule has 38 heavy (non-hydrogen) atoms. The van der Waals surface area contributed by atoms with Crippen molar-refractivity contribution in [1.29, 1.82) is 0 Å². The third-order valence-corrected chi connectivity index (χ3v) is 7.24. The summed E-state index contributed by atoms with van der Waals surface area (Å²) in [6.45, 7) is 7.40. The molecule has 0 unspecified atom stereocenters. The molecule has 2 aliphatic heterocycles. The van der Waals surface area contributed by atoms with Gasteiger partial charge >= 0.3 is 5.97 Å². The molecule has 2 heterocycles. The van der Waals surface area contributed by atoms with Gasteiger partial charge in [0.05, 0.1) is 24.9 Å². The first-order chi connectivity index (χ1) is 18.2. The summed E-state index contributed by atoms with van der Waals surface area (Å²) in [6.07, 6.45) is -1.28. The van der Waals surface area contributed by atoms with Gasteiger partial charge in [-0.25, -0.2) is 0 Å². The van der Waals surface area contributed by atoms with Crippen LogP contribution in [-0.4, -0.2) is 64.9 Å². The molecule has 6 atom stereocenters. The van der Waals surface area contributed by atoms with Crippen LogP contribution in [0.2, 0.25) is 0 Å². The summed E-state index contributed by atoms with van der Waals surface area (Å²) in [5, 5.41) is 22.2. The fourth-order valence-corrected chi connectivity index (χ4v) is 4.99. The maximum atomic E-state index is 12.1. The molecule has 9 nitrogen and oxygen atoms in total. The minimum atomic E-state index is -0.852. The quantitative estimate of drug-likeness (QED) is 0.427. The number of likely N-dealkylation sites (tertiary alicyclic amines) is 1. The fraction of sp³-hybridized carbons (Fsp3) is 0.517. The third-order valence-electron chi connectivity index (χ3n) is 7.24. The molecule has 2 aromatic carbocycles. The standard InChI is InChI=1S/C29H38N2O7/c1-18-26(16-31-13-12-25(34)15-31)37-29(38-27(18)23-8-6-22(17-32)7-9-23)24-10-4-21(5-11-24)14-30-28(35)19(2)36-20(3)33/h4-11,18-19,25-27,29,32,34H,12-17H2,1-3H3,(H,30,35)/t18-,19-,25-,26+,27+,29+/m0/s1. The van der Waals surface area contributed by atoms with Gasteiger partial charge in [0.25, 0.3) is 5.91 Å². The minimum Gasteiger partial charge on any atom is -0.453 e. The van der Waals surface area contributed by atoms with E-state index in [1.54, 1.807) is 0 Å². The van der Waals surface area contributed by atoms with E-state index in [2.05, 4.69) is 17.1 Å². The molecule has 3 N–H and O–H groups in total. The van der Waals surface area contributed by atoms with E-state index in [4.69, 9.17) is 14.2 Å². The largest absolute Gasteiger partial charge is 0.453 e. The summed E-state index contributed by atoms with van der Waals surface area (Å²) < 4.78 is 17.9. The first kappa shape index (κ1) is 28.2. The Balaban J connectivity index is 1.46. The van der Waals surface area contributed by atoms with Crippen molar-refractivity contribution >= 4 is 11.9 Å². The number of carbonyl (C=O) groups excluding carboxylic acids is 2. The highest BCUT2D eigenvalue weighted by molar-refractivity contribution is 5.82. The second-order valence-electron chi connectivity index (χ2n) is 10.2. The van der Waals surface area contributed by atoms with Crippen molar-refractivity contribution in [3.63, 3.8) is 0 Å². The van der Waals surface area contributed by atoms with Crippen LogP contribution in [-0.2, 0) is 37.0 Å². The minimum absolute atomic E-state index is 0.0114. The van der Waals surface area contributed by atoms with E-state index in [1.807, 2.05) is 48.5 Å². The highest BCUT2D eigenvalue weighted by Gasteiger charge is 2.39. The maximum Gasteiger partial charge on any atom is 0.303 e. The molecule has 9 heteroatoms. The number of hydrogen-bond acceptors (Lipinski definition) is 8. The van der Waals surface area contributed by atoms with Gasteiger partial charge in [-0.2, -0.15) is 0 Å². The number of aliphatic hydroxyl groups is 2. The summed E-state index contributed by atoms with van der Waals surface area (Å²) in [6, 6.07) is 15.5. The van der Waals surface area contributed by atoms with E-state index in [9.17, 15) is 19.8 Å². The number of rotatable bonds is 9. The number of aliphatic hydroxyl groups excluding tert-OH is 2. The number of amides is 1. The van der Waals surface area contributed by atoms with E-state index in [1.165, 1.54) is 13.8 Å². The summed E-state index contributed by atoms with van der Waals surface area (Å²) in [7, 11) is 0. The van der Waals surface area contributed by atoms with Gasteiger partial charge in [0.1, 0.15) is 0 Å². The second-order valence-corrected chi connectivity index (χ2v) is 10.2. The molecule has 0 aliphatic carbocycles. The Kier molecular flexibility index (Phi) is 9.51. The predicted octanol–water partition coefficient (Wildman–Crippen LogP) is 2.60. The van der Waals surface area contributed by atoms with Crippen molar-refractivity contribution in [2.24, 2.45) is 5.92 Å². The average Bonchev–Trinajstić information content (AvgIpc) is 3.32. The normalized spacial score (nSPS) is 26.6. The number of esters is 1. The third kappa shape index (κ3) is 7.18. The number of β-amino-alcohol motifs (C(OH)–C–C–N with tert-alkyl or cyclic N) is 1. The van der Waals surface area contributed by atoms with Crippen molar-refractivity contribution in [1.82, 2.24) is 10.2 Å². The molecule has 0 saturated carbocycles. The van der Waals surface area contributed by atoms with E-state index in [0.717, 1.165) is 35.2 Å². The number of ether oxygens (including phenoxy) is 3. The highest BCUT2D eigenvalue weighted by atomic mass is 16.7. The molecule has 1 amide bonds. The Morgan fingerprint density at radius 3 is 2.34 bits per heavy atom. The Bertz CT molecular complexity index is 1080. The molecule has 0 bridgehead atoms. The van der Waals surface area contributed by atoms with Gasteiger partial charge in [-0.3, -0.25) is 14.5 Å². The molecule has 2 aliphatic rings. The van der Waals surface area contributed by atoms with Crippen LogP contribution in [0.25, 0.3) is 0 Å². The van der Waals surface area contributed by atoms with Gasteiger partial charge in [0, 0.05) is 44.6 Å². The van der Waals surface area contributed by atoms with Crippen LogP contribution in [0.5, 0.6) is 0 Å². The summed E-state index contributed by atoms with van der Waals surface area (Å²) >= 11 is 0. The average molecular weight is 527 g/mol. The summed E-state index contributed by atoms with van der Waals surface area (Å²) in [5.41, 5.74) is 3.62. The van der Waals surface area contributed by atoms with Crippen molar-refractivity contribution in [2.75, 3.05) is 19.6 Å². The Morgan fingerprint density at radius 1 is 1.08 bits per heavy atom. The molecule has 0 spiro atoms. The van der Waals surface area contributed by atoms with Gasteiger partial charge in [-0.05, 0) is 30.0 Å². The van der Waals surface area contributed by atoms with Crippen LogP contribution in [0.4, 0.5) is 0 Å². The smallest absolute Gasteiger partial charge is 0.303 e. The topological polar surface area (TPSA) is 118 Å². The molecular formula is C29H38N2O7. The number of hydrogen-bond donors (Lipinski definition) is 3. The lowest BCUT2D eigenvalue weighted by Gasteiger charge is -2.42. The molecule has 206 valence electrons. The van der Waals surface area contributed by atoms with Crippen LogP contribution >= 0.6 is 0 Å². The van der Waals surface area contributed by atoms with Crippen LogP contribution in [0.15, 0.2) is 48.5 Å². The van der Waals surface area contributed by atoms with Gasteiger partial charge in [-0.15, -0.1) is 0 Å².